The number of esters is 1. The average Bonchev–Trinajstić information content (AvgIpc) is 3.26. The SMILES string of the molecule is CC(C)(C)OC(=O)N[C@H]1CCCCC/C=C\[C@@H]2C[C@@]23N=C(OC3=O)[C@@H]2CC(OS(=O)(=O)c3ccc(Br)cc3)CN2C1=O. The molecule has 2 bridgehead atoms. The number of nitrogens with zero attached hydrogens (tertiary/aromatic N) is 2. The van der Waals surface area contributed by atoms with Crippen LogP contribution in [0.25, 0.3) is 0 Å². The zero-order valence-corrected chi connectivity index (χ0v) is 26.3. The second kappa shape index (κ2) is 11.7. The number of amides is 2. The van der Waals surface area contributed by atoms with Gasteiger partial charge in [0.05, 0.1) is 11.0 Å². The molecule has 1 saturated carbocycles. The molecular weight excluding hydrogens is 630 g/mol. The molecule has 13 heteroatoms. The lowest BCUT2D eigenvalue weighted by Gasteiger charge is -2.29. The average molecular weight is 667 g/mol. The number of carbonyl (C=O) groups is 3. The Morgan fingerprint density at radius 2 is 1.90 bits per heavy atom. The zero-order valence-electron chi connectivity index (χ0n) is 23.9. The van der Waals surface area contributed by atoms with Crippen molar-refractivity contribution < 1.29 is 36.5 Å². The van der Waals surface area contributed by atoms with Crippen molar-refractivity contribution in [1.82, 2.24) is 10.2 Å². The predicted molar refractivity (Wildman–Crippen MR) is 156 cm³/mol. The number of alkyl carbamates (subject to hydrolysis) is 1. The first-order chi connectivity index (χ1) is 19.8. The molecule has 3 heterocycles. The lowest BCUT2D eigenvalue weighted by atomic mass is 10.0. The zero-order chi connectivity index (χ0) is 30.3. The van der Waals surface area contributed by atoms with Gasteiger partial charge in [0.2, 0.25) is 11.8 Å². The molecule has 11 nitrogen and oxygen atoms in total. The Labute approximate surface area is 254 Å². The first-order valence-corrected chi connectivity index (χ1v) is 16.4. The van der Waals surface area contributed by atoms with Crippen LogP contribution in [0.4, 0.5) is 4.79 Å². The summed E-state index contributed by atoms with van der Waals surface area (Å²) >= 11 is 3.29. The van der Waals surface area contributed by atoms with Crippen LogP contribution in [0, 0.1) is 5.92 Å². The molecule has 2 fully saturated rings. The molecule has 3 aliphatic heterocycles. The quantitative estimate of drug-likeness (QED) is 0.286. The molecule has 4 aliphatic rings. The van der Waals surface area contributed by atoms with E-state index in [0.29, 0.717) is 23.7 Å². The summed E-state index contributed by atoms with van der Waals surface area (Å²) in [4.78, 5) is 45.8. The fraction of sp³-hybridized carbons (Fsp3) is 0.586. The second-order valence-electron chi connectivity index (χ2n) is 12.2. The van der Waals surface area contributed by atoms with Gasteiger partial charge >= 0.3 is 12.1 Å². The molecule has 2 amide bonds. The topological polar surface area (TPSA) is 141 Å². The third-order valence-corrected chi connectivity index (χ3v) is 9.67. The summed E-state index contributed by atoms with van der Waals surface area (Å²) in [7, 11) is -4.17. The Morgan fingerprint density at radius 1 is 1.17 bits per heavy atom. The van der Waals surface area contributed by atoms with Crippen molar-refractivity contribution in [2.45, 2.75) is 99.9 Å². The fourth-order valence-electron chi connectivity index (χ4n) is 5.59. The van der Waals surface area contributed by atoms with Gasteiger partial charge in [-0.3, -0.25) is 8.98 Å². The number of benzene rings is 1. The Hall–Kier alpha value is -2.77. The standard InChI is InChI=1S/C29H36BrN3O8S/c1-28(2,3)40-27(36)31-22-10-8-6-4-5-7-9-18-16-29(18)26(35)39-24(32-29)23-15-20(17-33(23)25(22)34)41-42(37,38)21-13-11-19(30)12-14-21/h7,9,11-14,18,20,22-23H,4-6,8,10,15-17H2,1-3H3,(H,31,36)/b9-7-/t18-,20?,22+,23+,29-/m1/s1. The third kappa shape index (κ3) is 6.73. The van der Waals surface area contributed by atoms with Crippen LogP contribution in [0.5, 0.6) is 0 Å². The highest BCUT2D eigenvalue weighted by Crippen LogP contribution is 2.52. The second-order valence-corrected chi connectivity index (χ2v) is 14.7. The number of nitrogens with one attached hydrogen (secondary N) is 1. The minimum atomic E-state index is -4.17. The summed E-state index contributed by atoms with van der Waals surface area (Å²) in [5.41, 5.74) is -1.77. The van der Waals surface area contributed by atoms with Gasteiger partial charge in [-0.15, -0.1) is 0 Å². The van der Waals surface area contributed by atoms with Gasteiger partial charge in [0.25, 0.3) is 10.1 Å². The van der Waals surface area contributed by atoms with Crippen LogP contribution < -0.4 is 5.32 Å². The summed E-state index contributed by atoms with van der Waals surface area (Å²) in [5.74, 6) is -0.924. The van der Waals surface area contributed by atoms with Crippen LogP contribution >= 0.6 is 15.9 Å². The van der Waals surface area contributed by atoms with E-state index in [1.165, 1.54) is 17.0 Å². The summed E-state index contributed by atoms with van der Waals surface area (Å²) < 4.78 is 43.6. The Morgan fingerprint density at radius 3 is 2.62 bits per heavy atom. The number of fused-ring (bicyclic) bond motifs is 2. The molecule has 42 heavy (non-hydrogen) atoms. The van der Waals surface area contributed by atoms with Crippen molar-refractivity contribution in [2.75, 3.05) is 6.54 Å². The van der Waals surface area contributed by atoms with E-state index in [4.69, 9.17) is 13.7 Å². The molecule has 5 atom stereocenters. The number of ether oxygens (including phenoxy) is 2. The van der Waals surface area contributed by atoms with Gasteiger partial charge in [-0.2, -0.15) is 8.42 Å². The van der Waals surface area contributed by atoms with Gasteiger partial charge in [-0.05, 0) is 70.7 Å². The maximum Gasteiger partial charge on any atom is 0.408 e. The summed E-state index contributed by atoms with van der Waals surface area (Å²) in [6.07, 6.45) is 6.56. The van der Waals surface area contributed by atoms with Crippen molar-refractivity contribution in [2.24, 2.45) is 10.9 Å². The van der Waals surface area contributed by atoms with E-state index in [2.05, 4.69) is 32.3 Å². The van der Waals surface area contributed by atoms with Gasteiger partial charge < -0.3 is 19.7 Å². The van der Waals surface area contributed by atoms with Gasteiger partial charge in [-0.25, -0.2) is 14.6 Å². The first-order valence-electron chi connectivity index (χ1n) is 14.2. The Balaban J connectivity index is 1.44. The minimum absolute atomic E-state index is 0.0258. The molecule has 1 spiro atoms. The maximum absolute atomic E-state index is 14.1. The van der Waals surface area contributed by atoms with E-state index in [-0.39, 0.29) is 29.7 Å². The van der Waals surface area contributed by atoms with Crippen LogP contribution in [0.1, 0.15) is 65.7 Å². The van der Waals surface area contributed by atoms with Gasteiger partial charge in [-0.1, -0.05) is 40.9 Å². The lowest BCUT2D eigenvalue weighted by molar-refractivity contribution is -0.138. The van der Waals surface area contributed by atoms with Crippen LogP contribution in [0.15, 0.2) is 50.8 Å². The van der Waals surface area contributed by atoms with E-state index in [0.717, 1.165) is 19.3 Å². The Kier molecular flexibility index (Phi) is 8.56. The summed E-state index contributed by atoms with van der Waals surface area (Å²) in [6, 6.07) is 4.25. The molecule has 1 N–H and O–H groups in total. The number of hydrogen-bond donors (Lipinski definition) is 1. The van der Waals surface area contributed by atoms with Crippen molar-refractivity contribution >= 4 is 49.9 Å². The highest BCUT2D eigenvalue weighted by atomic mass is 79.9. The van der Waals surface area contributed by atoms with Crippen molar-refractivity contribution in [1.29, 1.82) is 0 Å². The van der Waals surface area contributed by atoms with Gasteiger partial charge in [0.1, 0.15) is 17.7 Å². The number of aliphatic imine (C=N–C) groups is 1. The molecule has 1 aromatic rings. The summed E-state index contributed by atoms with van der Waals surface area (Å²) in [5, 5.41) is 2.71. The number of allylic oxidation sites excluding steroid dienone is 1. The van der Waals surface area contributed by atoms with E-state index in [9.17, 15) is 22.8 Å². The molecule has 0 aromatic heterocycles. The molecule has 0 radical (unpaired) electrons. The molecule has 1 saturated heterocycles. The molecule has 1 aromatic carbocycles. The monoisotopic (exact) mass is 665 g/mol. The number of halogens is 1. The van der Waals surface area contributed by atoms with Crippen molar-refractivity contribution in [3.63, 3.8) is 0 Å². The first kappa shape index (κ1) is 30.7. The number of carbonyl (C=O) groups excluding carboxylic acids is 3. The molecule has 1 unspecified atom stereocenters. The maximum atomic E-state index is 14.1. The predicted octanol–water partition coefficient (Wildman–Crippen LogP) is 4.25. The van der Waals surface area contributed by atoms with Gasteiger partial charge in [0, 0.05) is 23.4 Å². The Bertz CT molecular complexity index is 1400. The highest BCUT2D eigenvalue weighted by molar-refractivity contribution is 9.10. The van der Waals surface area contributed by atoms with Crippen molar-refractivity contribution in [3.05, 3.63) is 40.9 Å². The van der Waals surface area contributed by atoms with Crippen molar-refractivity contribution in [3.8, 4) is 0 Å². The summed E-state index contributed by atoms with van der Waals surface area (Å²) in [6.45, 7) is 5.10. The van der Waals surface area contributed by atoms with Crippen LogP contribution in [0.2, 0.25) is 0 Å². The molecular formula is C29H36BrN3O8S. The fourth-order valence-corrected chi connectivity index (χ4v) is 6.94. The van der Waals surface area contributed by atoms with E-state index >= 15 is 0 Å². The number of rotatable bonds is 4. The highest BCUT2D eigenvalue weighted by Gasteiger charge is 2.65. The van der Waals surface area contributed by atoms with Crippen LogP contribution in [-0.4, -0.2) is 73.1 Å². The molecule has 5 rings (SSSR count). The largest absolute Gasteiger partial charge is 0.444 e. The molecule has 228 valence electrons. The minimum Gasteiger partial charge on any atom is -0.444 e. The van der Waals surface area contributed by atoms with E-state index in [1.807, 2.05) is 6.08 Å². The third-order valence-electron chi connectivity index (χ3n) is 7.76. The van der Waals surface area contributed by atoms with Gasteiger partial charge in [0.15, 0.2) is 5.54 Å². The molecule has 1 aliphatic carbocycles. The number of hydrogen-bond acceptors (Lipinski definition) is 9. The van der Waals surface area contributed by atoms with E-state index < -0.39 is 57.4 Å². The smallest absolute Gasteiger partial charge is 0.408 e. The lowest BCUT2D eigenvalue weighted by Crippen LogP contribution is -2.52. The van der Waals surface area contributed by atoms with Crippen LogP contribution in [0.3, 0.4) is 0 Å². The normalized spacial score (nSPS) is 30.7. The van der Waals surface area contributed by atoms with Crippen LogP contribution in [-0.2, 0) is 33.4 Å². The van der Waals surface area contributed by atoms with E-state index in [1.54, 1.807) is 32.9 Å².